The number of hydrogen-bond acceptors (Lipinski definition) is 3. The fourth-order valence-corrected chi connectivity index (χ4v) is 1.38. The van der Waals surface area contributed by atoms with Crippen molar-refractivity contribution < 1.29 is 4.74 Å². The van der Waals surface area contributed by atoms with E-state index < -0.39 is 0 Å². The van der Waals surface area contributed by atoms with E-state index in [1.807, 2.05) is 18.2 Å². The van der Waals surface area contributed by atoms with Gasteiger partial charge in [0.2, 0.25) is 5.84 Å². The highest BCUT2D eigenvalue weighted by atomic mass is 16.5. The fraction of sp³-hybridized carbons (Fsp3) is 0.200. The van der Waals surface area contributed by atoms with Gasteiger partial charge in [-0.25, -0.2) is 0 Å². The molecule has 1 heterocycles. The van der Waals surface area contributed by atoms with Crippen molar-refractivity contribution in [2.24, 2.45) is 10.8 Å². The van der Waals surface area contributed by atoms with E-state index in [1.54, 1.807) is 0 Å². The average Bonchev–Trinajstić information content (AvgIpc) is 2.28. The molecule has 0 atom stereocenters. The Kier molecular flexibility index (Phi) is 2.52. The Bertz CT molecular complexity index is 447. The molecule has 1 aliphatic heterocycles. The fourth-order valence-electron chi connectivity index (χ4n) is 1.38. The molecule has 0 fully saturated rings. The molecule has 1 aromatic rings. The molecule has 0 saturated carbocycles. The number of nitrogens with two attached hydrogens (primary N) is 1. The number of benzene rings is 1. The van der Waals surface area contributed by atoms with Gasteiger partial charge in [-0.3, -0.25) is 0 Å². The Balaban J connectivity index is 2.32. The molecule has 0 radical (unpaired) electrons. The second kappa shape index (κ2) is 3.98. The van der Waals surface area contributed by atoms with Crippen LogP contribution < -0.4 is 15.8 Å². The minimum Gasteiger partial charge on any atom is -0.483 e. The first-order valence-corrected chi connectivity index (χ1v) is 4.49. The predicted molar refractivity (Wildman–Crippen MR) is 57.5 cm³/mol. The third kappa shape index (κ3) is 1.90. The lowest BCUT2D eigenvalue weighted by molar-refractivity contribution is 0.372. The topological polar surface area (TPSA) is 64.0 Å². The molecule has 15 heavy (non-hydrogen) atoms. The van der Waals surface area contributed by atoms with Crippen LogP contribution in [0.4, 0.5) is 5.69 Å². The van der Waals surface area contributed by atoms with Crippen LogP contribution in [0.15, 0.2) is 23.3 Å². The van der Waals surface area contributed by atoms with Crippen LogP contribution in [-0.4, -0.2) is 12.4 Å². The van der Waals surface area contributed by atoms with Gasteiger partial charge in [0, 0.05) is 6.54 Å². The van der Waals surface area contributed by atoms with Crippen LogP contribution in [0.1, 0.15) is 5.56 Å². The van der Waals surface area contributed by atoms with Gasteiger partial charge in [0.1, 0.15) is 10.9 Å². The number of anilines is 1. The van der Waals surface area contributed by atoms with Crippen molar-refractivity contribution in [1.82, 2.24) is 0 Å². The van der Waals surface area contributed by atoms with Crippen molar-refractivity contribution in [3.05, 3.63) is 35.3 Å². The molecule has 0 saturated heterocycles. The van der Waals surface area contributed by atoms with Gasteiger partial charge in [0.05, 0.1) is 5.69 Å². The quantitative estimate of drug-likeness (QED) is 0.531. The Labute approximate surface area is 87.4 Å². The van der Waals surface area contributed by atoms with Gasteiger partial charge >= 0.3 is 0 Å². The zero-order valence-electron chi connectivity index (χ0n) is 8.03. The minimum absolute atomic E-state index is 0.303. The standard InChI is InChI=1S/C10H10N4O/c1-12-14-10-6-15-9-3-2-7(5-11)4-8(9)13-10/h2-4H,5-6,11H2,(H,13,14). The van der Waals surface area contributed by atoms with E-state index in [1.165, 1.54) is 0 Å². The number of nitrogens with one attached hydrogen (secondary N) is 1. The van der Waals surface area contributed by atoms with Crippen LogP contribution in [0.3, 0.4) is 0 Å². The molecular weight excluding hydrogens is 192 g/mol. The minimum atomic E-state index is 0.303. The lowest BCUT2D eigenvalue weighted by Gasteiger charge is -2.19. The van der Waals surface area contributed by atoms with E-state index in [-0.39, 0.29) is 0 Å². The van der Waals surface area contributed by atoms with E-state index in [9.17, 15) is 0 Å². The van der Waals surface area contributed by atoms with Crippen molar-refractivity contribution in [3.8, 4) is 5.75 Å². The van der Waals surface area contributed by atoms with Crippen molar-refractivity contribution in [2.45, 2.75) is 6.54 Å². The summed E-state index contributed by atoms with van der Waals surface area (Å²) in [5.41, 5.74) is 7.35. The summed E-state index contributed by atoms with van der Waals surface area (Å²) < 4.78 is 5.41. The number of nitrogens with zero attached hydrogens (tertiary/aromatic N) is 2. The third-order valence-corrected chi connectivity index (χ3v) is 2.09. The third-order valence-electron chi connectivity index (χ3n) is 2.09. The molecule has 1 aromatic carbocycles. The molecule has 3 N–H and O–H groups in total. The number of ether oxygens (including phenoxy) is 1. The summed E-state index contributed by atoms with van der Waals surface area (Å²) in [6.45, 7) is 7.40. The molecule has 5 heteroatoms. The molecule has 76 valence electrons. The molecule has 0 bridgehead atoms. The summed E-state index contributed by atoms with van der Waals surface area (Å²) in [5.74, 6) is 1.28. The summed E-state index contributed by atoms with van der Waals surface area (Å²) in [4.78, 5) is 2.95. The molecule has 0 aliphatic carbocycles. The highest BCUT2D eigenvalue weighted by Crippen LogP contribution is 2.28. The number of fused-ring (bicyclic) bond motifs is 1. The molecule has 0 aromatic heterocycles. The van der Waals surface area contributed by atoms with Gasteiger partial charge in [0.25, 0.3) is 0 Å². The van der Waals surface area contributed by atoms with Gasteiger partial charge in [0.15, 0.2) is 6.61 Å². The number of amidine groups is 1. The van der Waals surface area contributed by atoms with Gasteiger partial charge in [-0.2, -0.15) is 6.57 Å². The molecule has 0 amide bonds. The first-order chi connectivity index (χ1) is 7.33. The molecule has 5 nitrogen and oxygen atoms in total. The lowest BCUT2D eigenvalue weighted by atomic mass is 10.1. The van der Waals surface area contributed by atoms with E-state index in [0.717, 1.165) is 17.0 Å². The summed E-state index contributed by atoms with van der Waals surface area (Å²) in [5, 5.41) is 6.61. The smallest absolute Gasteiger partial charge is 0.228 e. The monoisotopic (exact) mass is 202 g/mol. The maximum absolute atomic E-state index is 6.62. The van der Waals surface area contributed by atoms with Gasteiger partial charge in [-0.1, -0.05) is 6.07 Å². The zero-order valence-corrected chi connectivity index (χ0v) is 8.03. The molecule has 2 rings (SSSR count). The van der Waals surface area contributed by atoms with Crippen LogP contribution >= 0.6 is 0 Å². The molecule has 1 aliphatic rings. The molecule has 0 unspecified atom stereocenters. The maximum atomic E-state index is 6.62. The van der Waals surface area contributed by atoms with Crippen LogP contribution in [0.25, 0.3) is 4.95 Å². The number of rotatable bonds is 1. The largest absolute Gasteiger partial charge is 0.483 e. The van der Waals surface area contributed by atoms with E-state index in [2.05, 4.69) is 15.4 Å². The normalized spacial score (nSPS) is 16.1. The Morgan fingerprint density at radius 3 is 3.20 bits per heavy atom. The van der Waals surface area contributed by atoms with Crippen molar-refractivity contribution >= 4 is 11.5 Å². The highest BCUT2D eigenvalue weighted by Gasteiger charge is 2.16. The van der Waals surface area contributed by atoms with E-state index in [4.69, 9.17) is 17.0 Å². The van der Waals surface area contributed by atoms with Crippen molar-refractivity contribution in [2.75, 3.05) is 11.9 Å². The van der Waals surface area contributed by atoms with Crippen LogP contribution in [0.5, 0.6) is 5.75 Å². The lowest BCUT2D eigenvalue weighted by Crippen LogP contribution is -2.25. The van der Waals surface area contributed by atoms with Crippen molar-refractivity contribution in [3.63, 3.8) is 0 Å². The second-order valence-corrected chi connectivity index (χ2v) is 3.10. The Hall–Kier alpha value is -2.06. The van der Waals surface area contributed by atoms with Gasteiger partial charge in [-0.15, -0.1) is 4.95 Å². The predicted octanol–water partition coefficient (Wildman–Crippen LogP) is 1.18. The summed E-state index contributed by atoms with van der Waals surface area (Å²) in [6.07, 6.45) is 0. The zero-order chi connectivity index (χ0) is 10.7. The SMILES string of the molecule is [C-]#[N+]N=C1COc2ccc(CN)cc2N1. The second-order valence-electron chi connectivity index (χ2n) is 3.10. The van der Waals surface area contributed by atoms with Crippen LogP contribution in [0.2, 0.25) is 0 Å². The summed E-state index contributed by atoms with van der Waals surface area (Å²) in [6, 6.07) is 5.67. The van der Waals surface area contributed by atoms with Crippen LogP contribution in [0, 0.1) is 6.57 Å². The van der Waals surface area contributed by atoms with Gasteiger partial charge in [-0.05, 0) is 17.7 Å². The van der Waals surface area contributed by atoms with Crippen molar-refractivity contribution in [1.29, 1.82) is 0 Å². The Morgan fingerprint density at radius 2 is 2.47 bits per heavy atom. The first-order valence-electron chi connectivity index (χ1n) is 4.49. The Morgan fingerprint density at radius 1 is 1.60 bits per heavy atom. The first kappa shape index (κ1) is 9.49. The van der Waals surface area contributed by atoms with E-state index >= 15 is 0 Å². The summed E-state index contributed by atoms with van der Waals surface area (Å²) >= 11 is 0. The average molecular weight is 202 g/mol. The van der Waals surface area contributed by atoms with Gasteiger partial charge < -0.3 is 15.8 Å². The number of hydrogen-bond donors (Lipinski definition) is 2. The highest BCUT2D eigenvalue weighted by molar-refractivity contribution is 5.99. The van der Waals surface area contributed by atoms with E-state index in [0.29, 0.717) is 19.0 Å². The maximum Gasteiger partial charge on any atom is 0.228 e. The molecule has 0 spiro atoms. The summed E-state index contributed by atoms with van der Waals surface area (Å²) in [7, 11) is 0. The molecular formula is C10H10N4O. The van der Waals surface area contributed by atoms with Crippen LogP contribution in [-0.2, 0) is 6.54 Å².